The number of sulfonamides is 1. The molecule has 0 bridgehead atoms. The quantitative estimate of drug-likeness (QED) is 0.875. The molecule has 0 saturated carbocycles. The van der Waals surface area contributed by atoms with Crippen molar-refractivity contribution < 1.29 is 21.6 Å². The van der Waals surface area contributed by atoms with E-state index >= 15 is 0 Å². The lowest BCUT2D eigenvalue weighted by Crippen LogP contribution is -2.16. The van der Waals surface area contributed by atoms with Crippen molar-refractivity contribution in [2.45, 2.75) is 11.3 Å². The number of nitrogens with zero attached hydrogens (tertiary/aromatic N) is 1. The Kier molecular flexibility index (Phi) is 3.22. The van der Waals surface area contributed by atoms with Crippen molar-refractivity contribution in [1.29, 1.82) is 0 Å². The minimum Gasteiger partial charge on any atom is -0.251 e. The second-order valence-electron chi connectivity index (χ2n) is 2.48. The molecule has 0 radical (unpaired) electrons. The molecule has 0 spiro atoms. The molecule has 0 aliphatic heterocycles. The predicted octanol–water partition coefficient (Wildman–Crippen LogP) is 1.46. The van der Waals surface area contributed by atoms with Gasteiger partial charge in [0.05, 0.1) is 11.2 Å². The summed E-state index contributed by atoms with van der Waals surface area (Å²) in [5.41, 5.74) is -1.03. The molecule has 0 aliphatic carbocycles. The molecule has 4 nitrogen and oxygen atoms in total. The molecule has 15 heavy (non-hydrogen) atoms. The number of aromatic nitrogens is 1. The number of halogens is 4. The van der Waals surface area contributed by atoms with Crippen LogP contribution in [0.25, 0.3) is 0 Å². The standard InChI is InChI=1S/C6H4ClF3N2O2S/c7-3-4(6(9)10)12-1-2(8)5(3)15(11,13)14/h1,6H,(H2,11,13,14). The van der Waals surface area contributed by atoms with Gasteiger partial charge in [-0.15, -0.1) is 0 Å². The number of rotatable bonds is 2. The predicted molar refractivity (Wildman–Crippen MR) is 45.5 cm³/mol. The fourth-order valence-electron chi connectivity index (χ4n) is 0.876. The van der Waals surface area contributed by atoms with Crippen LogP contribution >= 0.6 is 11.6 Å². The van der Waals surface area contributed by atoms with Crippen LogP contribution in [0.4, 0.5) is 13.2 Å². The molecule has 0 amide bonds. The van der Waals surface area contributed by atoms with E-state index in [-0.39, 0.29) is 0 Å². The summed E-state index contributed by atoms with van der Waals surface area (Å²) in [4.78, 5) is 1.80. The SMILES string of the molecule is NS(=O)(=O)c1c(F)cnc(C(F)F)c1Cl. The summed E-state index contributed by atoms with van der Waals surface area (Å²) in [5, 5.41) is 3.61. The maximum Gasteiger partial charge on any atom is 0.281 e. The third-order valence-electron chi connectivity index (χ3n) is 1.45. The van der Waals surface area contributed by atoms with Crippen molar-refractivity contribution in [1.82, 2.24) is 4.98 Å². The maximum atomic E-state index is 12.9. The van der Waals surface area contributed by atoms with Gasteiger partial charge in [0.2, 0.25) is 10.0 Å². The van der Waals surface area contributed by atoms with Gasteiger partial charge in [0.1, 0.15) is 10.6 Å². The van der Waals surface area contributed by atoms with Crippen LogP contribution in [0.2, 0.25) is 5.02 Å². The molecule has 2 N–H and O–H groups in total. The first kappa shape index (κ1) is 12.2. The maximum absolute atomic E-state index is 12.9. The summed E-state index contributed by atoms with van der Waals surface area (Å²) in [6, 6.07) is 0. The minimum atomic E-state index is -4.50. The average Bonchev–Trinajstić information content (AvgIpc) is 2.00. The first-order valence-corrected chi connectivity index (χ1v) is 5.32. The highest BCUT2D eigenvalue weighted by Crippen LogP contribution is 2.31. The molecular weight excluding hydrogens is 257 g/mol. The molecule has 1 aromatic heterocycles. The van der Waals surface area contributed by atoms with Gasteiger partial charge in [-0.3, -0.25) is 4.98 Å². The lowest BCUT2D eigenvalue weighted by atomic mass is 10.3. The van der Waals surface area contributed by atoms with E-state index in [0.717, 1.165) is 0 Å². The van der Waals surface area contributed by atoms with Crippen LogP contribution in [0, 0.1) is 5.82 Å². The van der Waals surface area contributed by atoms with Gasteiger partial charge in [0.15, 0.2) is 5.82 Å². The third kappa shape index (κ3) is 2.39. The number of nitrogens with two attached hydrogens (primary N) is 1. The average molecular weight is 261 g/mol. The number of primary sulfonamides is 1. The fraction of sp³-hybridized carbons (Fsp3) is 0.167. The Bertz CT molecular complexity index is 491. The summed E-state index contributed by atoms with van der Waals surface area (Å²) in [6.45, 7) is 0. The van der Waals surface area contributed by atoms with Crippen molar-refractivity contribution in [3.05, 3.63) is 22.7 Å². The van der Waals surface area contributed by atoms with Gasteiger partial charge in [0, 0.05) is 0 Å². The molecule has 0 saturated heterocycles. The van der Waals surface area contributed by atoms with Gasteiger partial charge in [-0.25, -0.2) is 26.7 Å². The second kappa shape index (κ2) is 3.95. The molecule has 84 valence electrons. The molecule has 9 heteroatoms. The fourth-order valence-corrected chi connectivity index (χ4v) is 2.10. The van der Waals surface area contributed by atoms with Crippen molar-refractivity contribution in [2.75, 3.05) is 0 Å². The van der Waals surface area contributed by atoms with Gasteiger partial charge < -0.3 is 0 Å². The van der Waals surface area contributed by atoms with Gasteiger partial charge in [-0.1, -0.05) is 11.6 Å². The Hall–Kier alpha value is -0.860. The van der Waals surface area contributed by atoms with E-state index in [1.165, 1.54) is 0 Å². The van der Waals surface area contributed by atoms with Gasteiger partial charge in [0.25, 0.3) is 6.43 Å². The zero-order valence-electron chi connectivity index (χ0n) is 6.92. The molecule has 0 aliphatic rings. The largest absolute Gasteiger partial charge is 0.281 e. The van der Waals surface area contributed by atoms with Crippen molar-refractivity contribution in [3.63, 3.8) is 0 Å². The number of hydrogen-bond acceptors (Lipinski definition) is 3. The first-order valence-electron chi connectivity index (χ1n) is 3.40. The summed E-state index contributed by atoms with van der Waals surface area (Å²) in [5.74, 6) is -1.37. The summed E-state index contributed by atoms with van der Waals surface area (Å²) >= 11 is 5.25. The van der Waals surface area contributed by atoms with Gasteiger partial charge in [-0.05, 0) is 0 Å². The van der Waals surface area contributed by atoms with E-state index < -0.39 is 37.9 Å². The van der Waals surface area contributed by atoms with Gasteiger partial charge >= 0.3 is 0 Å². The molecule has 1 aromatic rings. The van der Waals surface area contributed by atoms with E-state index in [1.54, 1.807) is 0 Å². The zero-order valence-corrected chi connectivity index (χ0v) is 8.49. The minimum absolute atomic E-state index is 0.327. The Morgan fingerprint density at radius 1 is 1.47 bits per heavy atom. The molecule has 1 rings (SSSR count). The molecule has 0 unspecified atom stereocenters. The highest BCUT2D eigenvalue weighted by atomic mass is 35.5. The third-order valence-corrected chi connectivity index (χ3v) is 2.91. The van der Waals surface area contributed by atoms with E-state index in [4.69, 9.17) is 11.6 Å². The lowest BCUT2D eigenvalue weighted by molar-refractivity contribution is 0.145. The van der Waals surface area contributed by atoms with Crippen LogP contribution in [0.15, 0.2) is 11.1 Å². The molecule has 0 fully saturated rings. The summed E-state index contributed by atoms with van der Waals surface area (Å²) in [7, 11) is -4.50. The Labute approximate surface area is 87.9 Å². The normalized spacial score (nSPS) is 12.1. The highest BCUT2D eigenvalue weighted by Gasteiger charge is 2.26. The summed E-state index contributed by atoms with van der Waals surface area (Å²) in [6.07, 6.45) is -2.79. The molecular formula is C6H4ClF3N2O2S. The van der Waals surface area contributed by atoms with Crippen molar-refractivity contribution in [2.24, 2.45) is 5.14 Å². The lowest BCUT2D eigenvalue weighted by Gasteiger charge is -2.06. The summed E-state index contributed by atoms with van der Waals surface area (Å²) < 4.78 is 59.0. The molecule has 0 atom stereocenters. The zero-order chi connectivity index (χ0) is 11.8. The number of pyridine rings is 1. The van der Waals surface area contributed by atoms with Crippen molar-refractivity contribution in [3.8, 4) is 0 Å². The Balaban J connectivity index is 3.59. The van der Waals surface area contributed by atoms with Crippen LogP contribution in [0.5, 0.6) is 0 Å². The second-order valence-corrected chi connectivity index (χ2v) is 4.36. The topological polar surface area (TPSA) is 73.1 Å². The molecule has 0 aromatic carbocycles. The number of hydrogen-bond donors (Lipinski definition) is 1. The van der Waals surface area contributed by atoms with Crippen LogP contribution in [0.3, 0.4) is 0 Å². The smallest absolute Gasteiger partial charge is 0.251 e. The van der Waals surface area contributed by atoms with Crippen LogP contribution in [-0.4, -0.2) is 13.4 Å². The molecule has 1 heterocycles. The van der Waals surface area contributed by atoms with Crippen molar-refractivity contribution >= 4 is 21.6 Å². The Morgan fingerprint density at radius 2 is 2.00 bits per heavy atom. The highest BCUT2D eigenvalue weighted by molar-refractivity contribution is 7.89. The van der Waals surface area contributed by atoms with Crippen LogP contribution in [0.1, 0.15) is 12.1 Å². The first-order chi connectivity index (χ1) is 6.75. The van der Waals surface area contributed by atoms with E-state index in [2.05, 4.69) is 10.1 Å². The Morgan fingerprint density at radius 3 is 2.40 bits per heavy atom. The van der Waals surface area contributed by atoms with E-state index in [1.807, 2.05) is 0 Å². The van der Waals surface area contributed by atoms with Gasteiger partial charge in [-0.2, -0.15) is 0 Å². The van der Waals surface area contributed by atoms with E-state index in [9.17, 15) is 21.6 Å². The van der Waals surface area contributed by atoms with Crippen LogP contribution in [-0.2, 0) is 10.0 Å². The van der Waals surface area contributed by atoms with E-state index in [0.29, 0.717) is 6.20 Å². The monoisotopic (exact) mass is 260 g/mol. The number of alkyl halides is 2. The van der Waals surface area contributed by atoms with Crippen LogP contribution < -0.4 is 5.14 Å².